The van der Waals surface area contributed by atoms with E-state index in [-0.39, 0.29) is 18.8 Å². The van der Waals surface area contributed by atoms with Gasteiger partial charge in [0.25, 0.3) is 5.69 Å². The van der Waals surface area contributed by atoms with Crippen LogP contribution in [0.25, 0.3) is 0 Å². The number of rotatable bonds is 4. The Morgan fingerprint density at radius 1 is 1.62 bits per heavy atom. The number of hydrogen-bond donors (Lipinski definition) is 0. The number of nitro groups is 1. The molecule has 0 spiro atoms. The molecule has 8 heteroatoms. The Kier molecular flexibility index (Phi) is 5.11. The summed E-state index contributed by atoms with van der Waals surface area (Å²) in [6, 6.07) is 3.94. The van der Waals surface area contributed by atoms with Gasteiger partial charge in [0, 0.05) is 19.2 Å². The maximum Gasteiger partial charge on any atom is 0.325 e. The van der Waals surface area contributed by atoms with E-state index in [0.717, 1.165) is 0 Å². The lowest BCUT2D eigenvalue weighted by molar-refractivity contribution is -0.385. The first kappa shape index (κ1) is 15.7. The van der Waals surface area contributed by atoms with Gasteiger partial charge in [-0.1, -0.05) is 17.7 Å². The predicted octanol–water partition coefficient (Wildman–Crippen LogP) is 1.62. The lowest BCUT2D eigenvalue weighted by Gasteiger charge is -2.33. The van der Waals surface area contributed by atoms with Crippen LogP contribution in [0, 0.1) is 10.1 Å². The number of hydrogen-bond acceptors (Lipinski definition) is 6. The number of benzene rings is 1. The minimum atomic E-state index is -0.584. The Hall–Kier alpha value is -1.70. The first-order valence-corrected chi connectivity index (χ1v) is 6.73. The number of esters is 1. The standard InChI is InChI=1S/C13H15ClN2O5/c1-20-13(17)12-8-21-6-5-15(12)7-9-10(14)3-2-4-11(9)16(18)19/h2-4,12H,5-8H2,1H3. The molecular formula is C13H15ClN2O5. The van der Waals surface area contributed by atoms with Crippen LogP contribution in [0.3, 0.4) is 0 Å². The summed E-state index contributed by atoms with van der Waals surface area (Å²) in [6.45, 7) is 1.32. The minimum absolute atomic E-state index is 0.0578. The molecule has 21 heavy (non-hydrogen) atoms. The molecule has 114 valence electrons. The molecule has 1 aromatic carbocycles. The van der Waals surface area contributed by atoms with E-state index < -0.39 is 16.9 Å². The van der Waals surface area contributed by atoms with Gasteiger partial charge in [-0.2, -0.15) is 0 Å². The van der Waals surface area contributed by atoms with Gasteiger partial charge in [-0.05, 0) is 6.07 Å². The van der Waals surface area contributed by atoms with Gasteiger partial charge in [0.1, 0.15) is 6.04 Å². The summed E-state index contributed by atoms with van der Waals surface area (Å²) in [5.41, 5.74) is 0.331. The van der Waals surface area contributed by atoms with Gasteiger partial charge < -0.3 is 9.47 Å². The predicted molar refractivity (Wildman–Crippen MR) is 75.1 cm³/mol. The molecular weight excluding hydrogens is 300 g/mol. The van der Waals surface area contributed by atoms with E-state index in [1.807, 2.05) is 0 Å². The molecule has 1 unspecified atom stereocenters. The summed E-state index contributed by atoms with van der Waals surface area (Å²) in [5, 5.41) is 11.4. The van der Waals surface area contributed by atoms with Gasteiger partial charge in [-0.15, -0.1) is 0 Å². The average molecular weight is 315 g/mol. The van der Waals surface area contributed by atoms with Crippen molar-refractivity contribution >= 4 is 23.3 Å². The Bertz CT molecular complexity index is 551. The number of carbonyl (C=O) groups excluding carboxylic acids is 1. The molecule has 0 aromatic heterocycles. The number of carbonyl (C=O) groups is 1. The normalized spacial score (nSPS) is 19.2. The second-order valence-corrected chi connectivity index (χ2v) is 4.99. The molecule has 0 bridgehead atoms. The highest BCUT2D eigenvalue weighted by atomic mass is 35.5. The van der Waals surface area contributed by atoms with Crippen LogP contribution in [-0.4, -0.2) is 48.7 Å². The summed E-state index contributed by atoms with van der Waals surface area (Å²) in [6.07, 6.45) is 0. The van der Waals surface area contributed by atoms with Gasteiger partial charge in [0.15, 0.2) is 0 Å². The third-order valence-electron chi connectivity index (χ3n) is 3.36. The number of methoxy groups -OCH3 is 1. The molecule has 1 fully saturated rings. The van der Waals surface area contributed by atoms with Crippen molar-refractivity contribution in [1.29, 1.82) is 0 Å². The Morgan fingerprint density at radius 3 is 3.05 bits per heavy atom. The van der Waals surface area contributed by atoms with Crippen molar-refractivity contribution in [3.8, 4) is 0 Å². The van der Waals surface area contributed by atoms with Gasteiger partial charge in [0.05, 0.1) is 35.8 Å². The van der Waals surface area contributed by atoms with Gasteiger partial charge in [-0.25, -0.2) is 0 Å². The van der Waals surface area contributed by atoms with E-state index in [2.05, 4.69) is 0 Å². The molecule has 0 radical (unpaired) electrons. The molecule has 0 N–H and O–H groups in total. The lowest BCUT2D eigenvalue weighted by atomic mass is 10.1. The van der Waals surface area contributed by atoms with Crippen molar-refractivity contribution < 1.29 is 19.2 Å². The second-order valence-electron chi connectivity index (χ2n) is 4.58. The van der Waals surface area contributed by atoms with Crippen molar-refractivity contribution in [3.05, 3.63) is 38.9 Å². The minimum Gasteiger partial charge on any atom is -0.468 e. The number of nitro benzene ring substituents is 1. The third-order valence-corrected chi connectivity index (χ3v) is 3.72. The zero-order valence-electron chi connectivity index (χ0n) is 11.5. The SMILES string of the molecule is COC(=O)C1COCCN1Cc1c(Cl)cccc1[N+](=O)[O-]. The third kappa shape index (κ3) is 3.49. The molecule has 1 aliphatic heterocycles. The highest BCUT2D eigenvalue weighted by Gasteiger charge is 2.32. The summed E-state index contributed by atoms with van der Waals surface area (Å²) in [7, 11) is 1.30. The van der Waals surface area contributed by atoms with Crippen LogP contribution in [0.1, 0.15) is 5.56 Å². The molecule has 0 saturated carbocycles. The van der Waals surface area contributed by atoms with Gasteiger partial charge in [-0.3, -0.25) is 19.8 Å². The molecule has 0 amide bonds. The molecule has 1 aliphatic rings. The van der Waals surface area contributed by atoms with Crippen LogP contribution in [0.5, 0.6) is 0 Å². The topological polar surface area (TPSA) is 81.9 Å². The Balaban J connectivity index is 2.27. The number of nitrogens with zero attached hydrogens (tertiary/aromatic N) is 2. The van der Waals surface area contributed by atoms with Crippen LogP contribution in [0.4, 0.5) is 5.69 Å². The fraction of sp³-hybridized carbons (Fsp3) is 0.462. The maximum atomic E-state index is 11.8. The van der Waals surface area contributed by atoms with Crippen molar-refractivity contribution in [2.24, 2.45) is 0 Å². The van der Waals surface area contributed by atoms with E-state index in [0.29, 0.717) is 23.7 Å². The lowest BCUT2D eigenvalue weighted by Crippen LogP contribution is -2.49. The van der Waals surface area contributed by atoms with Crippen LogP contribution >= 0.6 is 11.6 Å². The van der Waals surface area contributed by atoms with Crippen molar-refractivity contribution in [2.75, 3.05) is 26.9 Å². The van der Waals surface area contributed by atoms with Crippen LogP contribution in [0.15, 0.2) is 18.2 Å². The van der Waals surface area contributed by atoms with Crippen LogP contribution in [-0.2, 0) is 20.8 Å². The fourth-order valence-electron chi connectivity index (χ4n) is 2.26. The van der Waals surface area contributed by atoms with Gasteiger partial charge >= 0.3 is 5.97 Å². The molecule has 7 nitrogen and oxygen atoms in total. The second kappa shape index (κ2) is 6.84. The molecule has 1 heterocycles. The Labute approximate surface area is 126 Å². The average Bonchev–Trinajstić information content (AvgIpc) is 2.48. The van der Waals surface area contributed by atoms with E-state index >= 15 is 0 Å². The summed E-state index contributed by atoms with van der Waals surface area (Å²) in [4.78, 5) is 24.2. The van der Waals surface area contributed by atoms with Crippen LogP contribution < -0.4 is 0 Å². The quantitative estimate of drug-likeness (QED) is 0.477. The summed E-state index contributed by atoms with van der Waals surface area (Å²) < 4.78 is 10.0. The smallest absolute Gasteiger partial charge is 0.325 e. The first-order chi connectivity index (χ1) is 10.0. The molecule has 1 atom stereocenters. The fourth-order valence-corrected chi connectivity index (χ4v) is 2.49. The van der Waals surface area contributed by atoms with Crippen molar-refractivity contribution in [1.82, 2.24) is 4.90 Å². The van der Waals surface area contributed by atoms with Gasteiger partial charge in [0.2, 0.25) is 0 Å². The van der Waals surface area contributed by atoms with E-state index in [4.69, 9.17) is 21.1 Å². The highest BCUT2D eigenvalue weighted by Crippen LogP contribution is 2.28. The zero-order chi connectivity index (χ0) is 15.4. The Morgan fingerprint density at radius 2 is 2.38 bits per heavy atom. The summed E-state index contributed by atoms with van der Waals surface area (Å²) >= 11 is 6.08. The largest absolute Gasteiger partial charge is 0.468 e. The summed E-state index contributed by atoms with van der Waals surface area (Å²) in [5.74, 6) is -0.426. The molecule has 1 aromatic rings. The molecule has 1 saturated heterocycles. The number of ether oxygens (including phenoxy) is 2. The number of morpholine rings is 1. The maximum absolute atomic E-state index is 11.8. The first-order valence-electron chi connectivity index (χ1n) is 6.36. The number of halogens is 1. The zero-order valence-corrected chi connectivity index (χ0v) is 12.2. The molecule has 2 rings (SSSR count). The highest BCUT2D eigenvalue weighted by molar-refractivity contribution is 6.31. The van der Waals surface area contributed by atoms with Crippen molar-refractivity contribution in [2.45, 2.75) is 12.6 Å². The monoisotopic (exact) mass is 314 g/mol. The van der Waals surface area contributed by atoms with Crippen molar-refractivity contribution in [3.63, 3.8) is 0 Å². The molecule has 0 aliphatic carbocycles. The van der Waals surface area contributed by atoms with Crippen LogP contribution in [0.2, 0.25) is 5.02 Å². The van der Waals surface area contributed by atoms with E-state index in [9.17, 15) is 14.9 Å². The van der Waals surface area contributed by atoms with E-state index in [1.165, 1.54) is 19.2 Å². The van der Waals surface area contributed by atoms with E-state index in [1.54, 1.807) is 11.0 Å².